The number of aryl methyl sites for hydroxylation is 2. The number of nitrogens with two attached hydrogens (primary N) is 1. The molecule has 0 heterocycles. The first-order valence-electron chi connectivity index (χ1n) is 6.72. The molecule has 2 rings (SSSR count). The molecule has 0 radical (unpaired) electrons. The maximum Gasteiger partial charge on any atom is 0.0554 e. The molecule has 1 unspecified atom stereocenters. The van der Waals surface area contributed by atoms with Crippen LogP contribution in [0, 0.1) is 6.92 Å². The Morgan fingerprint density at radius 1 is 1.11 bits per heavy atom. The van der Waals surface area contributed by atoms with E-state index < -0.39 is 0 Å². The summed E-state index contributed by atoms with van der Waals surface area (Å²) in [5.74, 6) is 0. The summed E-state index contributed by atoms with van der Waals surface area (Å²) in [7, 11) is 0. The Kier molecular flexibility index (Phi) is 4.62. The third kappa shape index (κ3) is 3.37. The van der Waals surface area contributed by atoms with Crippen molar-refractivity contribution in [1.82, 2.24) is 0 Å². The monoisotopic (exact) mass is 273 g/mol. The van der Waals surface area contributed by atoms with Gasteiger partial charge in [0.05, 0.1) is 6.04 Å². The van der Waals surface area contributed by atoms with Gasteiger partial charge in [-0.1, -0.05) is 55.3 Å². The zero-order valence-electron chi connectivity index (χ0n) is 11.5. The molecule has 0 aliphatic carbocycles. The number of benzene rings is 2. The second-order valence-corrected chi connectivity index (χ2v) is 5.41. The average molecular weight is 274 g/mol. The van der Waals surface area contributed by atoms with Gasteiger partial charge in [0.2, 0.25) is 0 Å². The minimum absolute atomic E-state index is 0.0899. The van der Waals surface area contributed by atoms with Gasteiger partial charge in [-0.3, -0.25) is 0 Å². The predicted molar refractivity (Wildman–Crippen MR) is 82.7 cm³/mol. The van der Waals surface area contributed by atoms with Crippen LogP contribution in [0.3, 0.4) is 0 Å². The molecule has 0 fully saturated rings. The molecule has 19 heavy (non-hydrogen) atoms. The third-order valence-corrected chi connectivity index (χ3v) is 3.68. The van der Waals surface area contributed by atoms with E-state index in [9.17, 15) is 0 Å². The highest BCUT2D eigenvalue weighted by Crippen LogP contribution is 2.25. The Labute approximate surface area is 120 Å². The van der Waals surface area contributed by atoms with Gasteiger partial charge in [0.15, 0.2) is 0 Å². The predicted octanol–water partition coefficient (Wildman–Crippen LogP) is 4.65. The van der Waals surface area contributed by atoms with Crippen LogP contribution in [0.1, 0.15) is 41.6 Å². The van der Waals surface area contributed by atoms with E-state index in [4.69, 9.17) is 17.3 Å². The summed E-state index contributed by atoms with van der Waals surface area (Å²) in [5, 5.41) is 0.756. The second-order valence-electron chi connectivity index (χ2n) is 4.97. The lowest BCUT2D eigenvalue weighted by molar-refractivity contribution is 0.856. The summed E-state index contributed by atoms with van der Waals surface area (Å²) >= 11 is 5.98. The van der Waals surface area contributed by atoms with Gasteiger partial charge in [-0.15, -0.1) is 0 Å². The van der Waals surface area contributed by atoms with Crippen molar-refractivity contribution in [3.05, 3.63) is 69.7 Å². The molecule has 0 saturated carbocycles. The maximum atomic E-state index is 6.35. The van der Waals surface area contributed by atoms with Gasteiger partial charge in [0.25, 0.3) is 0 Å². The van der Waals surface area contributed by atoms with Crippen LogP contribution in [-0.2, 0) is 6.42 Å². The molecule has 0 spiro atoms. The topological polar surface area (TPSA) is 26.0 Å². The summed E-state index contributed by atoms with van der Waals surface area (Å²) < 4.78 is 0. The van der Waals surface area contributed by atoms with E-state index in [0.29, 0.717) is 0 Å². The Morgan fingerprint density at radius 2 is 1.79 bits per heavy atom. The first-order chi connectivity index (χ1) is 9.11. The summed E-state index contributed by atoms with van der Waals surface area (Å²) in [5.41, 5.74) is 11.1. The fraction of sp³-hybridized carbons (Fsp3) is 0.294. The SMILES string of the molecule is CCCc1ccc(C(N)c2ccc(Cl)cc2C)cc1. The minimum atomic E-state index is -0.0899. The van der Waals surface area contributed by atoms with E-state index in [1.54, 1.807) is 0 Å². The molecule has 0 amide bonds. The number of rotatable bonds is 4. The van der Waals surface area contributed by atoms with E-state index in [2.05, 4.69) is 31.2 Å². The molecule has 0 aliphatic heterocycles. The molecule has 0 aromatic heterocycles. The van der Waals surface area contributed by atoms with Crippen molar-refractivity contribution in [2.24, 2.45) is 5.73 Å². The molecule has 2 heteroatoms. The Hall–Kier alpha value is -1.31. The van der Waals surface area contributed by atoms with Crippen LogP contribution >= 0.6 is 11.6 Å². The fourth-order valence-electron chi connectivity index (χ4n) is 2.35. The molecular formula is C17H20ClN. The number of hydrogen-bond acceptors (Lipinski definition) is 1. The summed E-state index contributed by atoms with van der Waals surface area (Å²) in [6.45, 7) is 4.24. The normalized spacial score (nSPS) is 12.4. The van der Waals surface area contributed by atoms with Crippen molar-refractivity contribution in [2.75, 3.05) is 0 Å². The first-order valence-corrected chi connectivity index (χ1v) is 7.10. The van der Waals surface area contributed by atoms with E-state index in [1.165, 1.54) is 12.0 Å². The maximum absolute atomic E-state index is 6.35. The second kappa shape index (κ2) is 6.23. The van der Waals surface area contributed by atoms with Crippen molar-refractivity contribution in [2.45, 2.75) is 32.7 Å². The number of hydrogen-bond donors (Lipinski definition) is 1. The van der Waals surface area contributed by atoms with E-state index >= 15 is 0 Å². The smallest absolute Gasteiger partial charge is 0.0554 e. The van der Waals surface area contributed by atoms with Crippen LogP contribution in [-0.4, -0.2) is 0 Å². The van der Waals surface area contributed by atoms with Gasteiger partial charge >= 0.3 is 0 Å². The minimum Gasteiger partial charge on any atom is -0.320 e. The summed E-state index contributed by atoms with van der Waals surface area (Å²) in [4.78, 5) is 0. The summed E-state index contributed by atoms with van der Waals surface area (Å²) in [6, 6.07) is 14.4. The quantitative estimate of drug-likeness (QED) is 0.862. The van der Waals surface area contributed by atoms with Crippen LogP contribution in [0.4, 0.5) is 0 Å². The molecule has 2 aromatic carbocycles. The molecule has 0 saturated heterocycles. The lowest BCUT2D eigenvalue weighted by Gasteiger charge is -2.16. The highest BCUT2D eigenvalue weighted by atomic mass is 35.5. The molecule has 0 bridgehead atoms. The van der Waals surface area contributed by atoms with Crippen molar-refractivity contribution in [1.29, 1.82) is 0 Å². The first kappa shape index (κ1) is 14.1. The van der Waals surface area contributed by atoms with Gasteiger partial charge in [-0.25, -0.2) is 0 Å². The molecular weight excluding hydrogens is 254 g/mol. The molecule has 2 N–H and O–H groups in total. The van der Waals surface area contributed by atoms with E-state index in [-0.39, 0.29) is 6.04 Å². The Morgan fingerprint density at radius 3 is 2.37 bits per heavy atom. The van der Waals surface area contributed by atoms with Crippen molar-refractivity contribution < 1.29 is 0 Å². The Balaban J connectivity index is 2.25. The molecule has 1 atom stereocenters. The van der Waals surface area contributed by atoms with Crippen LogP contribution < -0.4 is 5.73 Å². The van der Waals surface area contributed by atoms with Crippen LogP contribution in [0.2, 0.25) is 5.02 Å². The zero-order valence-corrected chi connectivity index (χ0v) is 12.2. The van der Waals surface area contributed by atoms with Gasteiger partial charge in [-0.05, 0) is 47.7 Å². The van der Waals surface area contributed by atoms with Crippen LogP contribution in [0.5, 0.6) is 0 Å². The fourth-order valence-corrected chi connectivity index (χ4v) is 2.57. The van der Waals surface area contributed by atoms with Gasteiger partial charge in [0, 0.05) is 5.02 Å². The highest BCUT2D eigenvalue weighted by molar-refractivity contribution is 6.30. The van der Waals surface area contributed by atoms with Crippen LogP contribution in [0.25, 0.3) is 0 Å². The van der Waals surface area contributed by atoms with E-state index in [1.807, 2.05) is 25.1 Å². The standard InChI is InChI=1S/C17H20ClN/c1-3-4-13-5-7-14(8-6-13)17(19)16-10-9-15(18)11-12(16)2/h5-11,17H,3-4,19H2,1-2H3. The van der Waals surface area contributed by atoms with Crippen molar-refractivity contribution in [3.63, 3.8) is 0 Å². The Bertz CT molecular complexity index is 546. The lowest BCUT2D eigenvalue weighted by Crippen LogP contribution is -2.13. The molecule has 0 aliphatic rings. The largest absolute Gasteiger partial charge is 0.320 e. The van der Waals surface area contributed by atoms with Crippen molar-refractivity contribution >= 4 is 11.6 Å². The molecule has 1 nitrogen and oxygen atoms in total. The summed E-state index contributed by atoms with van der Waals surface area (Å²) in [6.07, 6.45) is 2.29. The van der Waals surface area contributed by atoms with Gasteiger partial charge in [-0.2, -0.15) is 0 Å². The van der Waals surface area contributed by atoms with Crippen LogP contribution in [0.15, 0.2) is 42.5 Å². The van der Waals surface area contributed by atoms with E-state index in [0.717, 1.165) is 28.1 Å². The van der Waals surface area contributed by atoms with Gasteiger partial charge in [0.1, 0.15) is 0 Å². The zero-order chi connectivity index (χ0) is 13.8. The molecule has 2 aromatic rings. The van der Waals surface area contributed by atoms with Crippen molar-refractivity contribution in [3.8, 4) is 0 Å². The number of halogens is 1. The highest BCUT2D eigenvalue weighted by Gasteiger charge is 2.11. The average Bonchev–Trinajstić information content (AvgIpc) is 2.39. The third-order valence-electron chi connectivity index (χ3n) is 3.44. The van der Waals surface area contributed by atoms with Gasteiger partial charge < -0.3 is 5.73 Å². The molecule has 100 valence electrons. The lowest BCUT2D eigenvalue weighted by atomic mass is 9.95.